The lowest BCUT2D eigenvalue weighted by Crippen LogP contribution is -2.52. The van der Waals surface area contributed by atoms with Gasteiger partial charge in [-0.3, -0.25) is 24.2 Å². The number of benzene rings is 1. The van der Waals surface area contributed by atoms with Gasteiger partial charge in [0.1, 0.15) is 18.9 Å². The molecule has 2 saturated heterocycles. The molecule has 1 aromatic carbocycles. The van der Waals surface area contributed by atoms with Gasteiger partial charge < -0.3 is 9.64 Å². The number of piperazine rings is 1. The van der Waals surface area contributed by atoms with Gasteiger partial charge in [0.25, 0.3) is 0 Å². The third-order valence-electron chi connectivity index (χ3n) is 6.46. The van der Waals surface area contributed by atoms with Crippen LogP contribution in [0.5, 0.6) is 5.75 Å². The van der Waals surface area contributed by atoms with Gasteiger partial charge in [0, 0.05) is 38.8 Å². The summed E-state index contributed by atoms with van der Waals surface area (Å²) in [6.07, 6.45) is 4.41. The van der Waals surface area contributed by atoms with Crippen molar-refractivity contribution in [2.75, 3.05) is 45.9 Å². The predicted octanol–water partition coefficient (Wildman–Crippen LogP) is 1.33. The van der Waals surface area contributed by atoms with Crippen molar-refractivity contribution in [1.82, 2.24) is 19.6 Å². The predicted molar refractivity (Wildman–Crippen MR) is 116 cm³/mol. The van der Waals surface area contributed by atoms with Crippen LogP contribution in [0.4, 0.5) is 4.79 Å². The highest BCUT2D eigenvalue weighted by atomic mass is 16.5. The molecule has 4 rings (SSSR count). The Bertz CT molecular complexity index is 847. The quantitative estimate of drug-likeness (QED) is 0.468. The van der Waals surface area contributed by atoms with Crippen molar-refractivity contribution in [2.24, 2.45) is 0 Å². The zero-order chi connectivity index (χ0) is 22.5. The molecule has 3 aliphatic rings. The van der Waals surface area contributed by atoms with Crippen LogP contribution >= 0.6 is 0 Å². The molecule has 0 aromatic heterocycles. The molecule has 2 aliphatic heterocycles. The Labute approximate surface area is 187 Å². The van der Waals surface area contributed by atoms with Crippen LogP contribution in [-0.2, 0) is 14.4 Å². The van der Waals surface area contributed by atoms with Crippen LogP contribution in [0.2, 0.25) is 0 Å². The minimum atomic E-state index is -0.884. The van der Waals surface area contributed by atoms with Crippen molar-refractivity contribution < 1.29 is 23.9 Å². The lowest BCUT2D eigenvalue weighted by molar-refractivity contribution is -0.145. The second-order valence-corrected chi connectivity index (χ2v) is 8.52. The number of nitrogens with zero attached hydrogens (tertiary/aromatic N) is 4. The largest absolute Gasteiger partial charge is 0.492 e. The van der Waals surface area contributed by atoms with Gasteiger partial charge in [-0.1, -0.05) is 37.5 Å². The maximum atomic E-state index is 12.7. The van der Waals surface area contributed by atoms with Crippen LogP contribution in [0.25, 0.3) is 0 Å². The Balaban J connectivity index is 1.23. The molecular weight excluding hydrogens is 412 g/mol. The Hall–Kier alpha value is -2.94. The van der Waals surface area contributed by atoms with Gasteiger partial charge in [0.2, 0.25) is 5.91 Å². The normalized spacial score (nSPS) is 20.9. The summed E-state index contributed by atoms with van der Waals surface area (Å²) in [6, 6.07) is 8.76. The molecule has 1 saturated carbocycles. The number of imide groups is 2. The van der Waals surface area contributed by atoms with E-state index in [2.05, 4.69) is 4.90 Å². The van der Waals surface area contributed by atoms with Gasteiger partial charge in [0.15, 0.2) is 0 Å². The van der Waals surface area contributed by atoms with E-state index in [9.17, 15) is 19.2 Å². The van der Waals surface area contributed by atoms with E-state index in [1.807, 2.05) is 30.3 Å². The van der Waals surface area contributed by atoms with Crippen LogP contribution in [0.1, 0.15) is 32.1 Å². The third-order valence-corrected chi connectivity index (χ3v) is 6.46. The minimum Gasteiger partial charge on any atom is -0.492 e. The van der Waals surface area contributed by atoms with Gasteiger partial charge in [-0.15, -0.1) is 0 Å². The molecule has 9 nitrogen and oxygen atoms in total. The van der Waals surface area contributed by atoms with Crippen LogP contribution in [-0.4, -0.2) is 95.3 Å². The van der Waals surface area contributed by atoms with Crippen molar-refractivity contribution in [3.8, 4) is 5.75 Å². The van der Waals surface area contributed by atoms with E-state index in [0.717, 1.165) is 54.2 Å². The van der Waals surface area contributed by atoms with Crippen LogP contribution in [0.15, 0.2) is 30.3 Å². The maximum Gasteiger partial charge on any atom is 0.334 e. The standard InChI is InChI=1S/C23H30N4O5/c28-20(17-26-21(29)22(30)27(23(26)31)18-7-3-1-4-8-18)25-13-11-24(12-14-25)15-16-32-19-9-5-2-6-10-19/h2,5-6,9-10,18H,1,3-4,7-8,11-17H2. The molecule has 0 unspecified atom stereocenters. The van der Waals surface area contributed by atoms with Crippen molar-refractivity contribution in [2.45, 2.75) is 38.1 Å². The summed E-state index contributed by atoms with van der Waals surface area (Å²) in [4.78, 5) is 56.1. The van der Waals surface area contributed by atoms with Gasteiger partial charge >= 0.3 is 17.8 Å². The number of carbonyl (C=O) groups excluding carboxylic acids is 4. The summed E-state index contributed by atoms with van der Waals surface area (Å²) in [7, 11) is 0. The number of ether oxygens (including phenoxy) is 1. The summed E-state index contributed by atoms with van der Waals surface area (Å²) in [6.45, 7) is 3.36. The van der Waals surface area contributed by atoms with Gasteiger partial charge in [0.05, 0.1) is 0 Å². The van der Waals surface area contributed by atoms with Crippen molar-refractivity contribution in [3.63, 3.8) is 0 Å². The Morgan fingerprint density at radius 1 is 0.906 bits per heavy atom. The number of urea groups is 1. The molecule has 172 valence electrons. The fourth-order valence-corrected chi connectivity index (χ4v) is 4.59. The molecule has 1 aromatic rings. The summed E-state index contributed by atoms with van der Waals surface area (Å²) in [5.41, 5.74) is 0. The minimum absolute atomic E-state index is 0.227. The van der Waals surface area contributed by atoms with E-state index in [1.165, 1.54) is 0 Å². The molecule has 3 fully saturated rings. The smallest absolute Gasteiger partial charge is 0.334 e. The molecule has 0 atom stereocenters. The molecule has 0 bridgehead atoms. The average molecular weight is 443 g/mol. The number of hydrogen-bond donors (Lipinski definition) is 0. The molecule has 9 heteroatoms. The van der Waals surface area contributed by atoms with E-state index >= 15 is 0 Å². The Morgan fingerprint density at radius 2 is 1.59 bits per heavy atom. The van der Waals surface area contributed by atoms with Gasteiger partial charge in [-0.25, -0.2) is 9.69 Å². The Morgan fingerprint density at radius 3 is 2.28 bits per heavy atom. The third kappa shape index (κ3) is 4.93. The highest BCUT2D eigenvalue weighted by Crippen LogP contribution is 2.27. The molecule has 0 N–H and O–H groups in total. The number of carbonyl (C=O) groups is 4. The first-order valence-electron chi connectivity index (χ1n) is 11.4. The molecule has 1 aliphatic carbocycles. The maximum absolute atomic E-state index is 12.7. The highest BCUT2D eigenvalue weighted by molar-refractivity contribution is 6.45. The van der Waals surface area contributed by atoms with Gasteiger partial charge in [-0.05, 0) is 25.0 Å². The first kappa shape index (κ1) is 22.3. The first-order valence-corrected chi connectivity index (χ1v) is 11.4. The van der Waals surface area contributed by atoms with E-state index in [0.29, 0.717) is 32.8 Å². The highest BCUT2D eigenvalue weighted by Gasteiger charge is 2.48. The van der Waals surface area contributed by atoms with Crippen LogP contribution in [0.3, 0.4) is 0 Å². The summed E-state index contributed by atoms with van der Waals surface area (Å²) >= 11 is 0. The summed E-state index contributed by atoms with van der Waals surface area (Å²) < 4.78 is 5.72. The number of amides is 5. The Kier molecular flexibility index (Phi) is 7.04. The lowest BCUT2D eigenvalue weighted by atomic mass is 9.94. The number of para-hydroxylation sites is 1. The SMILES string of the molecule is O=C(CN1C(=O)C(=O)N(C2CCCCC2)C1=O)N1CCN(CCOc2ccccc2)CC1. The number of hydrogen-bond acceptors (Lipinski definition) is 6. The zero-order valence-electron chi connectivity index (χ0n) is 18.3. The van der Waals surface area contributed by atoms with Gasteiger partial charge in [-0.2, -0.15) is 0 Å². The molecular formula is C23H30N4O5. The lowest BCUT2D eigenvalue weighted by Gasteiger charge is -2.35. The van der Waals surface area contributed by atoms with Crippen LogP contribution < -0.4 is 4.74 Å². The second kappa shape index (κ2) is 10.1. The van der Waals surface area contributed by atoms with E-state index in [1.54, 1.807) is 4.90 Å². The monoisotopic (exact) mass is 442 g/mol. The van der Waals surface area contributed by atoms with Crippen molar-refractivity contribution >= 4 is 23.8 Å². The van der Waals surface area contributed by atoms with E-state index in [4.69, 9.17) is 4.74 Å². The second-order valence-electron chi connectivity index (χ2n) is 8.52. The molecule has 5 amide bonds. The summed E-state index contributed by atoms with van der Waals surface area (Å²) in [5, 5.41) is 0. The average Bonchev–Trinajstić information content (AvgIpc) is 3.03. The van der Waals surface area contributed by atoms with Crippen LogP contribution in [0, 0.1) is 0 Å². The molecule has 2 heterocycles. The van der Waals surface area contributed by atoms with Crippen molar-refractivity contribution in [3.05, 3.63) is 30.3 Å². The molecule has 0 radical (unpaired) electrons. The fraction of sp³-hybridized carbons (Fsp3) is 0.565. The van der Waals surface area contributed by atoms with E-state index in [-0.39, 0.29) is 18.5 Å². The molecule has 32 heavy (non-hydrogen) atoms. The zero-order valence-corrected chi connectivity index (χ0v) is 18.3. The summed E-state index contributed by atoms with van der Waals surface area (Å²) in [5.74, 6) is -1.15. The van der Waals surface area contributed by atoms with E-state index < -0.39 is 17.8 Å². The fourth-order valence-electron chi connectivity index (χ4n) is 4.59. The number of rotatable bonds is 7. The topological polar surface area (TPSA) is 90.5 Å². The van der Waals surface area contributed by atoms with Crippen molar-refractivity contribution in [1.29, 1.82) is 0 Å². The first-order chi connectivity index (χ1) is 15.5. The molecule has 0 spiro atoms.